The van der Waals surface area contributed by atoms with E-state index < -0.39 is 48.6 Å². The number of hydrogen-bond acceptors (Lipinski definition) is 6. The Kier molecular flexibility index (Phi) is 6.92. The first-order chi connectivity index (χ1) is 12.3. The van der Waals surface area contributed by atoms with Crippen LogP contribution in [0.3, 0.4) is 0 Å². The number of aliphatic hydroxyl groups excluding tert-OH is 1. The Morgan fingerprint density at radius 2 is 1.92 bits per heavy atom. The highest BCUT2D eigenvalue weighted by atomic mass is 16.4. The Balaban J connectivity index is 2.02. The zero-order chi connectivity index (χ0) is 19.3. The number of aliphatic hydroxyl groups is 1. The number of carbonyl (C=O) groups is 4. The van der Waals surface area contributed by atoms with Crippen LogP contribution >= 0.6 is 0 Å². The molecule has 0 radical (unpaired) electrons. The number of hydrogen-bond donors (Lipinski definition) is 5. The van der Waals surface area contributed by atoms with E-state index in [0.717, 1.165) is 13.0 Å². The third kappa shape index (κ3) is 4.92. The van der Waals surface area contributed by atoms with Crippen LogP contribution in [0.15, 0.2) is 0 Å². The van der Waals surface area contributed by atoms with E-state index in [9.17, 15) is 24.3 Å². The normalized spacial score (nSPS) is 24.8. The molecule has 0 aromatic heterocycles. The Hall–Kier alpha value is -2.20. The van der Waals surface area contributed by atoms with E-state index in [1.165, 1.54) is 11.8 Å². The fraction of sp³-hybridized carbons (Fsp3) is 0.750. The number of aliphatic carboxylic acids is 1. The molecular formula is C16H26N4O6. The molecule has 2 fully saturated rings. The number of nitrogens with zero attached hydrogens (tertiary/aromatic N) is 1. The number of likely N-dealkylation sites (tertiary alicyclic amines) is 1. The van der Waals surface area contributed by atoms with Crippen LogP contribution in [-0.2, 0) is 19.2 Å². The van der Waals surface area contributed by atoms with Crippen molar-refractivity contribution in [1.29, 1.82) is 0 Å². The molecule has 0 bridgehead atoms. The predicted octanol–water partition coefficient (Wildman–Crippen LogP) is -2.20. The van der Waals surface area contributed by atoms with Gasteiger partial charge < -0.3 is 31.1 Å². The fourth-order valence-corrected chi connectivity index (χ4v) is 3.31. The topological polar surface area (TPSA) is 148 Å². The van der Waals surface area contributed by atoms with Gasteiger partial charge in [-0.25, -0.2) is 0 Å². The maximum Gasteiger partial charge on any atom is 0.322 e. The Labute approximate surface area is 151 Å². The molecule has 3 amide bonds. The average molecular weight is 370 g/mol. The van der Waals surface area contributed by atoms with E-state index in [2.05, 4.69) is 16.0 Å². The van der Waals surface area contributed by atoms with E-state index in [0.29, 0.717) is 25.8 Å². The van der Waals surface area contributed by atoms with Gasteiger partial charge in [-0.2, -0.15) is 0 Å². The summed E-state index contributed by atoms with van der Waals surface area (Å²) in [6, 6.07) is -2.35. The minimum atomic E-state index is -1.17. The molecular weight excluding hydrogens is 344 g/mol. The summed E-state index contributed by atoms with van der Waals surface area (Å²) in [5.41, 5.74) is 0. The molecule has 2 rings (SSSR count). The zero-order valence-corrected chi connectivity index (χ0v) is 14.7. The molecule has 0 aliphatic carbocycles. The van der Waals surface area contributed by atoms with Gasteiger partial charge in [0, 0.05) is 6.54 Å². The number of carboxylic acid groups (broad SMARTS) is 1. The largest absolute Gasteiger partial charge is 0.480 e. The van der Waals surface area contributed by atoms with Gasteiger partial charge in [0.15, 0.2) is 0 Å². The Bertz CT molecular complexity index is 561. The van der Waals surface area contributed by atoms with Crippen LogP contribution in [0.25, 0.3) is 0 Å². The lowest BCUT2D eigenvalue weighted by Gasteiger charge is -2.30. The van der Waals surface area contributed by atoms with Crippen LogP contribution in [0.4, 0.5) is 0 Å². The van der Waals surface area contributed by atoms with Crippen molar-refractivity contribution in [2.24, 2.45) is 0 Å². The van der Waals surface area contributed by atoms with Crippen molar-refractivity contribution in [2.75, 3.05) is 19.6 Å². The summed E-state index contributed by atoms with van der Waals surface area (Å²) in [6.45, 7) is 1.91. The molecule has 2 aliphatic rings. The monoisotopic (exact) mass is 370 g/mol. The number of carboxylic acids is 1. The summed E-state index contributed by atoms with van der Waals surface area (Å²) in [5, 5.41) is 26.5. The van der Waals surface area contributed by atoms with Crippen molar-refractivity contribution in [3.8, 4) is 0 Å². The molecule has 5 N–H and O–H groups in total. The second-order valence-electron chi connectivity index (χ2n) is 6.68. The molecule has 0 spiro atoms. The number of nitrogens with one attached hydrogen (secondary N) is 3. The van der Waals surface area contributed by atoms with Gasteiger partial charge in [-0.15, -0.1) is 0 Å². The van der Waals surface area contributed by atoms with Crippen molar-refractivity contribution in [1.82, 2.24) is 20.9 Å². The van der Waals surface area contributed by atoms with E-state index in [4.69, 9.17) is 5.11 Å². The van der Waals surface area contributed by atoms with Crippen LogP contribution in [0.5, 0.6) is 0 Å². The highest BCUT2D eigenvalue weighted by molar-refractivity contribution is 5.94. The van der Waals surface area contributed by atoms with Gasteiger partial charge in [0.1, 0.15) is 18.6 Å². The molecule has 4 atom stereocenters. The molecule has 2 saturated heterocycles. The van der Waals surface area contributed by atoms with Crippen LogP contribution in [0.1, 0.15) is 32.6 Å². The smallest absolute Gasteiger partial charge is 0.322 e. The first-order valence-electron chi connectivity index (χ1n) is 8.83. The maximum absolute atomic E-state index is 12.8. The SMILES string of the molecule is CC(O)C(NC(=O)C1CCCN1)C(=O)N1CCCC1C(=O)NCC(=O)O. The van der Waals surface area contributed by atoms with Crippen molar-refractivity contribution < 1.29 is 29.4 Å². The molecule has 0 saturated carbocycles. The van der Waals surface area contributed by atoms with Gasteiger partial charge in [-0.1, -0.05) is 0 Å². The minimum Gasteiger partial charge on any atom is -0.480 e. The van der Waals surface area contributed by atoms with Gasteiger partial charge in [0.25, 0.3) is 0 Å². The molecule has 26 heavy (non-hydrogen) atoms. The molecule has 0 aromatic rings. The Morgan fingerprint density at radius 3 is 2.50 bits per heavy atom. The number of carbonyl (C=O) groups excluding carboxylic acids is 3. The molecule has 2 aliphatic heterocycles. The second-order valence-corrected chi connectivity index (χ2v) is 6.68. The first kappa shape index (κ1) is 20.1. The summed E-state index contributed by atoms with van der Waals surface area (Å²) in [5.74, 6) is -2.62. The molecule has 2 heterocycles. The zero-order valence-electron chi connectivity index (χ0n) is 14.7. The molecule has 0 aromatic carbocycles. The van der Waals surface area contributed by atoms with Gasteiger partial charge in [-0.3, -0.25) is 19.2 Å². The van der Waals surface area contributed by atoms with Crippen LogP contribution < -0.4 is 16.0 Å². The summed E-state index contributed by atoms with van der Waals surface area (Å²) >= 11 is 0. The van der Waals surface area contributed by atoms with Crippen molar-refractivity contribution >= 4 is 23.7 Å². The highest BCUT2D eigenvalue weighted by Gasteiger charge is 2.40. The quantitative estimate of drug-likeness (QED) is 0.341. The van der Waals surface area contributed by atoms with Crippen LogP contribution in [-0.4, -0.2) is 82.7 Å². The van der Waals surface area contributed by atoms with E-state index >= 15 is 0 Å². The predicted molar refractivity (Wildman–Crippen MR) is 90.0 cm³/mol. The maximum atomic E-state index is 12.8. The van der Waals surface area contributed by atoms with Crippen LogP contribution in [0, 0.1) is 0 Å². The lowest BCUT2D eigenvalue weighted by Crippen LogP contribution is -2.59. The van der Waals surface area contributed by atoms with E-state index in [-0.39, 0.29) is 5.91 Å². The highest BCUT2D eigenvalue weighted by Crippen LogP contribution is 2.19. The van der Waals surface area contributed by atoms with Gasteiger partial charge >= 0.3 is 5.97 Å². The van der Waals surface area contributed by atoms with Crippen LogP contribution in [0.2, 0.25) is 0 Å². The fourth-order valence-electron chi connectivity index (χ4n) is 3.31. The average Bonchev–Trinajstić information content (AvgIpc) is 3.27. The van der Waals surface area contributed by atoms with E-state index in [1.54, 1.807) is 0 Å². The summed E-state index contributed by atoms with van der Waals surface area (Å²) < 4.78 is 0. The molecule has 10 nitrogen and oxygen atoms in total. The molecule has 146 valence electrons. The lowest BCUT2D eigenvalue weighted by molar-refractivity contribution is -0.144. The van der Waals surface area contributed by atoms with Gasteiger partial charge in [0.2, 0.25) is 17.7 Å². The summed E-state index contributed by atoms with van der Waals surface area (Å²) in [4.78, 5) is 49.2. The summed E-state index contributed by atoms with van der Waals surface area (Å²) in [7, 11) is 0. The summed E-state index contributed by atoms with van der Waals surface area (Å²) in [6.07, 6.45) is 1.39. The van der Waals surface area contributed by atoms with Crippen molar-refractivity contribution in [3.05, 3.63) is 0 Å². The third-order valence-electron chi connectivity index (χ3n) is 4.68. The van der Waals surface area contributed by atoms with Gasteiger partial charge in [0.05, 0.1) is 12.1 Å². The third-order valence-corrected chi connectivity index (χ3v) is 4.68. The first-order valence-corrected chi connectivity index (χ1v) is 8.83. The number of rotatable bonds is 7. The minimum absolute atomic E-state index is 0.310. The molecule has 10 heteroatoms. The van der Waals surface area contributed by atoms with Crippen molar-refractivity contribution in [3.63, 3.8) is 0 Å². The standard InChI is InChI=1S/C16H26N4O6/c1-9(21)13(19-14(24)10-4-2-6-17-10)16(26)20-7-3-5-11(20)15(25)18-8-12(22)23/h9-11,13,17,21H,2-8H2,1H3,(H,18,25)(H,19,24)(H,22,23). The van der Waals surface area contributed by atoms with Crippen molar-refractivity contribution in [2.45, 2.75) is 56.8 Å². The lowest BCUT2D eigenvalue weighted by atomic mass is 10.1. The van der Waals surface area contributed by atoms with E-state index in [1.807, 2.05) is 0 Å². The number of amides is 3. The second kappa shape index (κ2) is 8.95. The Morgan fingerprint density at radius 1 is 1.19 bits per heavy atom. The van der Waals surface area contributed by atoms with Gasteiger partial charge in [-0.05, 0) is 39.2 Å². The molecule has 4 unspecified atom stereocenters.